The van der Waals surface area contributed by atoms with Gasteiger partial charge >= 0.3 is 24.2 Å². The van der Waals surface area contributed by atoms with Crippen molar-refractivity contribution in [2.24, 2.45) is 28.9 Å². The molecule has 94 heavy (non-hydrogen) atoms. The standard InChI is InChI=1S/C66H94ClN9O18/c1-36(2)55(72-51(77)23-16-15-17-27-76-53(79)32-42(59(76)82)64(6,7)8)58(81)71-44(21-19-26-69-61(68)84)57(80)70-43-25-24-40(30-46(43)88-12)35-91-63(86)74(10)39(5)60(83)93-50-33-52(78)75(11)45-29-41(31-47(89-13)54(45)67)28-37(3)20-18-22-49(90-14)66(87)34-48(92-62(85)73-66)38(4)56-65(50,9)94-56/h18,20,22,24-25,29-31,36,38-39,42,44,48-50,55-56,87H,15-17,19,21,23,26-28,32-35H2,1-14H3,(H,70,80)(H,71,81)(H,72,77)(H,73,85)(H3,68,69,84)/b22-18+,37-20+/t38-,39+,42?,44+,48+,49-,50+,55+,56+,65+,66+/m1/s1. The van der Waals surface area contributed by atoms with E-state index in [9.17, 15) is 53.1 Å². The SMILES string of the molecule is COc1cc(COC(=O)N(C)[C@@H](C)C(=O)O[C@H]2CC(=O)N(C)c3cc(cc(OC)c3Cl)C/C(C)=C/C=C/[C@@H](OC)[C@@]3(O)C[C@H](OC(=O)N3)[C@@H](C)[C@@H]3O[C@@]23C)ccc1NC(=O)[C@H](CCCNC(N)=O)NC(=O)[C@@H](NC(=O)CCCCCN1C(=O)CC(C(C)(C)C)C1=O)C(C)C. The monoisotopic (exact) mass is 1340 g/mol. The van der Waals surface area contributed by atoms with E-state index in [1.54, 1.807) is 58.0 Å². The molecular formula is C66H94ClN9O18. The van der Waals surface area contributed by atoms with Crippen molar-refractivity contribution in [3.8, 4) is 11.5 Å². The number of unbranched alkanes of at least 4 members (excludes halogenated alkanes) is 2. The summed E-state index contributed by atoms with van der Waals surface area (Å²) >= 11 is 6.85. The molecule has 11 atom stereocenters. The quantitative estimate of drug-likeness (QED) is 0.0198. The zero-order valence-electron chi connectivity index (χ0n) is 56.3. The predicted octanol–water partition coefficient (Wildman–Crippen LogP) is 6.33. The Balaban J connectivity index is 1.11. The number of rotatable bonds is 24. The van der Waals surface area contributed by atoms with Crippen LogP contribution in [-0.4, -0.2) is 177 Å². The number of ether oxygens (including phenoxy) is 7. The number of primary amides is 1. The van der Waals surface area contributed by atoms with Gasteiger partial charge in [0.15, 0.2) is 5.72 Å². The fourth-order valence-electron chi connectivity index (χ4n) is 11.7. The number of nitrogens with one attached hydrogen (secondary N) is 5. The molecular weight excluding hydrogens is 1240 g/mol. The van der Waals surface area contributed by atoms with Crippen LogP contribution >= 0.6 is 11.6 Å². The van der Waals surface area contributed by atoms with Gasteiger partial charge < -0.3 is 70.2 Å². The first kappa shape index (κ1) is 75.0. The van der Waals surface area contributed by atoms with E-state index < -0.39 is 120 Å². The van der Waals surface area contributed by atoms with Crippen LogP contribution in [-0.2, 0) is 70.3 Å². The summed E-state index contributed by atoms with van der Waals surface area (Å²) in [5, 5.41) is 25.4. The number of carbonyl (C=O) groups excluding carboxylic acids is 10. The van der Waals surface area contributed by atoms with Gasteiger partial charge in [-0.25, -0.2) is 19.2 Å². The maximum absolute atomic E-state index is 14.5. The topological polar surface area (TPSA) is 355 Å². The number of halogens is 1. The minimum Gasteiger partial charge on any atom is -0.495 e. The molecule has 3 saturated heterocycles. The summed E-state index contributed by atoms with van der Waals surface area (Å²) in [6.45, 7) is 15.9. The first-order valence-corrected chi connectivity index (χ1v) is 32.0. The molecule has 28 heteroatoms. The Hall–Kier alpha value is -8.01. The minimum atomic E-state index is -1.92. The van der Waals surface area contributed by atoms with Gasteiger partial charge in [-0.1, -0.05) is 89.4 Å². The third-order valence-corrected chi connectivity index (χ3v) is 18.1. The van der Waals surface area contributed by atoms with Crippen molar-refractivity contribution in [3.05, 3.63) is 70.3 Å². The van der Waals surface area contributed by atoms with E-state index in [4.69, 9.17) is 50.5 Å². The first-order chi connectivity index (χ1) is 44.2. The predicted molar refractivity (Wildman–Crippen MR) is 346 cm³/mol. The number of amides is 10. The number of imide groups is 1. The lowest BCUT2D eigenvalue weighted by Gasteiger charge is -2.42. The number of allylic oxidation sites excluding steroid dienone is 3. The van der Waals surface area contributed by atoms with Crippen molar-refractivity contribution in [1.82, 2.24) is 31.1 Å². The molecule has 0 spiro atoms. The maximum atomic E-state index is 14.5. The van der Waals surface area contributed by atoms with E-state index in [1.165, 1.54) is 64.3 Å². The Morgan fingerprint density at radius 3 is 2.28 bits per heavy atom. The van der Waals surface area contributed by atoms with Crippen molar-refractivity contribution in [3.63, 3.8) is 0 Å². The second-order valence-corrected chi connectivity index (χ2v) is 26.6. The Labute approximate surface area is 554 Å². The number of likely N-dealkylation sites (tertiary alicyclic amines) is 1. The number of epoxide rings is 1. The molecule has 4 aliphatic rings. The molecule has 4 heterocycles. The molecule has 1 unspecified atom stereocenters. The minimum absolute atomic E-state index is 0.0314. The average Bonchev–Trinajstić information content (AvgIpc) is 1.57. The maximum Gasteiger partial charge on any atom is 0.410 e. The molecule has 4 aliphatic heterocycles. The lowest BCUT2D eigenvalue weighted by Crippen LogP contribution is -2.63. The van der Waals surface area contributed by atoms with Crippen LogP contribution in [0.5, 0.6) is 11.5 Å². The van der Waals surface area contributed by atoms with Gasteiger partial charge in [0.1, 0.15) is 65.2 Å². The number of esters is 1. The normalized spacial score (nSPS) is 25.0. The highest BCUT2D eigenvalue weighted by atomic mass is 35.5. The third kappa shape index (κ3) is 19.1. The fraction of sp³-hybridized carbons (Fsp3) is 0.606. The third-order valence-electron chi connectivity index (χ3n) is 17.7. The number of alkyl carbamates (subject to hydrolysis) is 1. The van der Waals surface area contributed by atoms with Crippen LogP contribution in [0.2, 0.25) is 5.02 Å². The van der Waals surface area contributed by atoms with Crippen molar-refractivity contribution in [2.45, 2.75) is 187 Å². The number of methoxy groups -OCH3 is 3. The zero-order valence-corrected chi connectivity index (χ0v) is 57.0. The van der Waals surface area contributed by atoms with E-state index in [0.717, 1.165) is 16.0 Å². The summed E-state index contributed by atoms with van der Waals surface area (Å²) < 4.78 is 40.8. The molecule has 0 radical (unpaired) electrons. The summed E-state index contributed by atoms with van der Waals surface area (Å²) in [6, 6.07) is 3.71. The first-order valence-electron chi connectivity index (χ1n) is 31.6. The van der Waals surface area contributed by atoms with Gasteiger partial charge in [0.25, 0.3) is 0 Å². The molecule has 2 aromatic carbocycles. The lowest BCUT2D eigenvalue weighted by atomic mass is 9.80. The highest BCUT2D eigenvalue weighted by molar-refractivity contribution is 6.35. The second-order valence-electron chi connectivity index (χ2n) is 26.2. The van der Waals surface area contributed by atoms with E-state index >= 15 is 0 Å². The highest BCUT2D eigenvalue weighted by Gasteiger charge is 2.64. The largest absolute Gasteiger partial charge is 0.495 e. The average molecular weight is 1340 g/mol. The highest BCUT2D eigenvalue weighted by Crippen LogP contribution is 2.49. The molecule has 518 valence electrons. The van der Waals surface area contributed by atoms with Crippen LogP contribution in [0.25, 0.3) is 0 Å². The molecule has 2 aromatic rings. The van der Waals surface area contributed by atoms with E-state index in [-0.39, 0.29) is 91.4 Å². The van der Waals surface area contributed by atoms with Gasteiger partial charge in [0, 0.05) is 59.5 Å². The molecule has 0 saturated carbocycles. The summed E-state index contributed by atoms with van der Waals surface area (Å²) in [4.78, 5) is 137. The van der Waals surface area contributed by atoms with Crippen LogP contribution in [0.4, 0.5) is 25.8 Å². The Bertz CT molecular complexity index is 3210. The van der Waals surface area contributed by atoms with Crippen molar-refractivity contribution in [1.29, 1.82) is 0 Å². The van der Waals surface area contributed by atoms with Crippen LogP contribution in [0.15, 0.2) is 54.1 Å². The van der Waals surface area contributed by atoms with E-state index in [2.05, 4.69) is 26.6 Å². The van der Waals surface area contributed by atoms with Gasteiger partial charge in [-0.2, -0.15) is 0 Å². The molecule has 4 bridgehead atoms. The van der Waals surface area contributed by atoms with E-state index in [0.29, 0.717) is 42.7 Å². The summed E-state index contributed by atoms with van der Waals surface area (Å²) in [6.07, 6.45) is 0.995. The smallest absolute Gasteiger partial charge is 0.410 e. The lowest BCUT2D eigenvalue weighted by molar-refractivity contribution is -0.158. The van der Waals surface area contributed by atoms with Gasteiger partial charge in [-0.05, 0) is 99.6 Å². The number of urea groups is 1. The van der Waals surface area contributed by atoms with Gasteiger partial charge in [-0.3, -0.25) is 43.9 Å². The number of hydrogen-bond acceptors (Lipinski definition) is 18. The van der Waals surface area contributed by atoms with Gasteiger partial charge in [-0.15, -0.1) is 0 Å². The number of nitrogens with zero attached hydrogens (tertiary/aromatic N) is 3. The number of likely N-dealkylation sites (N-methyl/N-ethyl adjacent to an activating group) is 1. The van der Waals surface area contributed by atoms with Crippen molar-refractivity contribution >= 4 is 82.6 Å². The molecule has 8 N–H and O–H groups in total. The van der Waals surface area contributed by atoms with E-state index in [1.807, 2.05) is 33.8 Å². The summed E-state index contributed by atoms with van der Waals surface area (Å²) in [7, 11) is 7.03. The number of fused-ring (bicyclic) bond motifs is 5. The number of nitrogens with two attached hydrogens (primary N) is 1. The molecule has 0 aromatic heterocycles. The number of aliphatic hydroxyl groups is 1. The molecule has 27 nitrogen and oxygen atoms in total. The van der Waals surface area contributed by atoms with Gasteiger partial charge in [0.2, 0.25) is 35.4 Å². The zero-order chi connectivity index (χ0) is 69.7. The number of benzene rings is 2. The number of anilines is 2. The number of carbonyl (C=O) groups is 10. The van der Waals surface area contributed by atoms with Gasteiger partial charge in [0.05, 0.1) is 44.0 Å². The molecule has 10 amide bonds. The van der Waals surface area contributed by atoms with Crippen LogP contribution in [0, 0.1) is 23.2 Å². The van der Waals surface area contributed by atoms with Crippen LogP contribution in [0.3, 0.4) is 0 Å². The molecule has 3 fully saturated rings. The number of hydrogen-bond donors (Lipinski definition) is 7. The second kappa shape index (κ2) is 32.4. The fourth-order valence-corrected chi connectivity index (χ4v) is 12.0. The van der Waals surface area contributed by atoms with Crippen LogP contribution < -0.4 is 46.7 Å². The molecule has 6 rings (SSSR count). The Morgan fingerprint density at radius 1 is 0.936 bits per heavy atom. The van der Waals surface area contributed by atoms with Crippen LogP contribution in [0.1, 0.15) is 131 Å². The Kier molecular flexibility index (Phi) is 25.9. The summed E-state index contributed by atoms with van der Waals surface area (Å²) in [5.74, 6) is -4.55. The van der Waals surface area contributed by atoms with Crippen molar-refractivity contribution < 1.29 is 86.2 Å². The molecule has 0 aliphatic carbocycles. The van der Waals surface area contributed by atoms with Crippen molar-refractivity contribution in [2.75, 3.05) is 58.7 Å². The summed E-state index contributed by atoms with van der Waals surface area (Å²) in [5.41, 5.74) is 4.11. The Morgan fingerprint density at radius 2 is 1.64 bits per heavy atom.